The largest absolute Gasteiger partial charge is 0.293 e. The zero-order chi connectivity index (χ0) is 17.1. The fourth-order valence-electron chi connectivity index (χ4n) is 2.42. The van der Waals surface area contributed by atoms with Crippen molar-refractivity contribution < 1.29 is 4.79 Å². The van der Waals surface area contributed by atoms with Crippen LogP contribution in [0.2, 0.25) is 0 Å². The summed E-state index contributed by atoms with van der Waals surface area (Å²) >= 11 is 1.37. The van der Waals surface area contributed by atoms with E-state index in [9.17, 15) is 4.79 Å². The first-order valence-electron chi connectivity index (χ1n) is 7.68. The first-order valence-corrected chi connectivity index (χ1v) is 8.56. The number of rotatable bonds is 5. The van der Waals surface area contributed by atoms with Gasteiger partial charge in [-0.1, -0.05) is 47.7 Å². The third-order valence-electron chi connectivity index (χ3n) is 3.75. The van der Waals surface area contributed by atoms with Gasteiger partial charge in [-0.25, -0.2) is 0 Å². The molecule has 0 spiro atoms. The smallest absolute Gasteiger partial charge is 0.214 e. The van der Waals surface area contributed by atoms with Gasteiger partial charge in [0.15, 0.2) is 5.78 Å². The minimum atomic E-state index is -0.279. The predicted octanol–water partition coefficient (Wildman–Crippen LogP) is 3.64. The Labute approximate surface area is 145 Å². The summed E-state index contributed by atoms with van der Waals surface area (Å²) in [7, 11) is 0. The Morgan fingerprint density at radius 1 is 1.12 bits per heavy atom. The first-order chi connectivity index (χ1) is 11.6. The van der Waals surface area contributed by atoms with Gasteiger partial charge in [-0.2, -0.15) is 4.68 Å². The number of thioether (sulfide) groups is 1. The lowest BCUT2D eigenvalue weighted by Gasteiger charge is -2.12. The van der Waals surface area contributed by atoms with E-state index in [2.05, 4.69) is 15.5 Å². The summed E-state index contributed by atoms with van der Waals surface area (Å²) in [5.41, 5.74) is 3.70. The van der Waals surface area contributed by atoms with Gasteiger partial charge in [-0.15, -0.1) is 5.10 Å². The second-order valence-electron chi connectivity index (χ2n) is 5.65. The lowest BCUT2D eigenvalue weighted by Crippen LogP contribution is -2.16. The third kappa shape index (κ3) is 3.38. The van der Waals surface area contributed by atoms with Crippen molar-refractivity contribution in [1.29, 1.82) is 0 Å². The highest BCUT2D eigenvalue weighted by Gasteiger charge is 2.21. The third-order valence-corrected chi connectivity index (χ3v) is 4.78. The van der Waals surface area contributed by atoms with Crippen molar-refractivity contribution >= 4 is 17.5 Å². The van der Waals surface area contributed by atoms with Crippen molar-refractivity contribution in [2.45, 2.75) is 31.2 Å². The number of hydrogen-bond acceptors (Lipinski definition) is 5. The summed E-state index contributed by atoms with van der Waals surface area (Å²) in [5.74, 6) is 0.0869. The van der Waals surface area contributed by atoms with Gasteiger partial charge in [0.1, 0.15) is 0 Å². The van der Waals surface area contributed by atoms with Crippen LogP contribution in [0.3, 0.4) is 0 Å². The summed E-state index contributed by atoms with van der Waals surface area (Å²) in [6.07, 6.45) is 0. The predicted molar refractivity (Wildman–Crippen MR) is 94.7 cm³/mol. The van der Waals surface area contributed by atoms with E-state index >= 15 is 0 Å². The standard InChI is InChI=1S/C18H18N4OS/c1-12-9-10-13(2)16(11-12)17(23)14(3)24-18-19-20-21-22(18)15-7-5-4-6-8-15/h4-11,14H,1-3H3. The maximum absolute atomic E-state index is 12.8. The molecule has 0 aliphatic rings. The number of hydrogen-bond donors (Lipinski definition) is 0. The van der Waals surface area contributed by atoms with E-state index in [-0.39, 0.29) is 11.0 Å². The fourth-order valence-corrected chi connectivity index (χ4v) is 3.29. The summed E-state index contributed by atoms with van der Waals surface area (Å²) in [6, 6.07) is 15.6. The SMILES string of the molecule is Cc1ccc(C)c(C(=O)C(C)Sc2nnnn2-c2ccccc2)c1. The van der Waals surface area contributed by atoms with Gasteiger partial charge in [0.05, 0.1) is 10.9 Å². The molecule has 0 amide bonds. The second-order valence-corrected chi connectivity index (χ2v) is 6.96. The summed E-state index contributed by atoms with van der Waals surface area (Å²) in [4.78, 5) is 12.8. The zero-order valence-corrected chi connectivity index (χ0v) is 14.6. The van der Waals surface area contributed by atoms with E-state index in [1.807, 2.05) is 69.3 Å². The minimum Gasteiger partial charge on any atom is -0.293 e. The average molecular weight is 338 g/mol. The van der Waals surface area contributed by atoms with Gasteiger partial charge in [0.25, 0.3) is 0 Å². The fraction of sp³-hybridized carbons (Fsp3) is 0.222. The molecule has 2 aromatic carbocycles. The monoisotopic (exact) mass is 338 g/mol. The molecule has 0 saturated carbocycles. The van der Waals surface area contributed by atoms with Crippen LogP contribution in [0.1, 0.15) is 28.4 Å². The topological polar surface area (TPSA) is 60.7 Å². The lowest BCUT2D eigenvalue weighted by molar-refractivity contribution is 0.0993. The molecule has 122 valence electrons. The molecule has 0 saturated heterocycles. The van der Waals surface area contributed by atoms with Crippen LogP contribution >= 0.6 is 11.8 Å². The average Bonchev–Trinajstić information content (AvgIpc) is 3.05. The second kappa shape index (κ2) is 6.97. The van der Waals surface area contributed by atoms with Crippen molar-refractivity contribution in [3.05, 3.63) is 65.2 Å². The molecule has 0 aliphatic heterocycles. The Balaban J connectivity index is 1.83. The lowest BCUT2D eigenvalue weighted by atomic mass is 10.0. The van der Waals surface area contributed by atoms with Gasteiger partial charge in [-0.05, 0) is 55.0 Å². The number of benzene rings is 2. The van der Waals surface area contributed by atoms with Gasteiger partial charge >= 0.3 is 0 Å². The molecule has 6 heteroatoms. The minimum absolute atomic E-state index is 0.0869. The number of aryl methyl sites for hydroxylation is 2. The summed E-state index contributed by atoms with van der Waals surface area (Å²) < 4.78 is 1.65. The number of para-hydroxylation sites is 1. The molecule has 1 unspecified atom stereocenters. The van der Waals surface area contributed by atoms with Crippen LogP contribution < -0.4 is 0 Å². The molecule has 0 bridgehead atoms. The molecule has 24 heavy (non-hydrogen) atoms. The van der Waals surface area contributed by atoms with E-state index in [1.165, 1.54) is 11.8 Å². The maximum atomic E-state index is 12.8. The number of nitrogens with zero attached hydrogens (tertiary/aromatic N) is 4. The quantitative estimate of drug-likeness (QED) is 0.525. The number of carbonyl (C=O) groups is 1. The molecule has 0 fully saturated rings. The van der Waals surface area contributed by atoms with Crippen LogP contribution in [-0.4, -0.2) is 31.2 Å². The molecule has 0 aliphatic carbocycles. The summed E-state index contributed by atoms with van der Waals surface area (Å²) in [6.45, 7) is 5.83. The zero-order valence-electron chi connectivity index (χ0n) is 13.8. The maximum Gasteiger partial charge on any atom is 0.214 e. The van der Waals surface area contributed by atoms with Gasteiger partial charge in [0.2, 0.25) is 5.16 Å². The highest BCUT2D eigenvalue weighted by molar-refractivity contribution is 8.00. The Hall–Kier alpha value is -2.47. The first kappa shape index (κ1) is 16.4. The molecular weight excluding hydrogens is 320 g/mol. The van der Waals surface area contributed by atoms with E-state index in [0.29, 0.717) is 5.16 Å². The van der Waals surface area contributed by atoms with Crippen LogP contribution in [0.15, 0.2) is 53.7 Å². The Morgan fingerprint density at radius 3 is 2.62 bits per heavy atom. The molecule has 0 radical (unpaired) electrons. The number of tetrazole rings is 1. The molecule has 3 rings (SSSR count). The van der Waals surface area contributed by atoms with E-state index < -0.39 is 0 Å². The van der Waals surface area contributed by atoms with Gasteiger partial charge in [0, 0.05) is 5.56 Å². The molecule has 5 nitrogen and oxygen atoms in total. The Kier molecular flexibility index (Phi) is 4.76. The Bertz CT molecular complexity index is 860. The van der Waals surface area contributed by atoms with Crippen molar-refractivity contribution in [3.8, 4) is 5.69 Å². The molecule has 1 aromatic heterocycles. The van der Waals surface area contributed by atoms with Gasteiger partial charge < -0.3 is 0 Å². The number of aromatic nitrogens is 4. The Morgan fingerprint density at radius 2 is 1.88 bits per heavy atom. The molecule has 0 N–H and O–H groups in total. The highest BCUT2D eigenvalue weighted by Crippen LogP contribution is 2.26. The van der Waals surface area contributed by atoms with Crippen LogP contribution in [-0.2, 0) is 0 Å². The normalized spacial score (nSPS) is 12.1. The van der Waals surface area contributed by atoms with Crippen LogP contribution in [0.4, 0.5) is 0 Å². The molecule has 1 heterocycles. The number of ketones is 1. The highest BCUT2D eigenvalue weighted by atomic mass is 32.2. The van der Waals surface area contributed by atoms with E-state index in [1.54, 1.807) is 4.68 Å². The number of Topliss-reactive ketones (excluding diaryl/α,β-unsaturated/α-hetero) is 1. The van der Waals surface area contributed by atoms with E-state index in [0.717, 1.165) is 22.4 Å². The van der Waals surface area contributed by atoms with Crippen molar-refractivity contribution in [2.75, 3.05) is 0 Å². The van der Waals surface area contributed by atoms with Crippen LogP contribution in [0.25, 0.3) is 5.69 Å². The van der Waals surface area contributed by atoms with Crippen LogP contribution in [0, 0.1) is 13.8 Å². The van der Waals surface area contributed by atoms with Crippen LogP contribution in [0.5, 0.6) is 0 Å². The van der Waals surface area contributed by atoms with Crippen molar-refractivity contribution in [2.24, 2.45) is 0 Å². The van der Waals surface area contributed by atoms with Gasteiger partial charge in [-0.3, -0.25) is 4.79 Å². The molecule has 3 aromatic rings. The van der Waals surface area contributed by atoms with E-state index in [4.69, 9.17) is 0 Å². The molecule has 1 atom stereocenters. The van der Waals surface area contributed by atoms with Crippen molar-refractivity contribution in [3.63, 3.8) is 0 Å². The summed E-state index contributed by atoms with van der Waals surface area (Å²) in [5, 5.41) is 12.2. The molecular formula is C18H18N4OS. The number of carbonyl (C=O) groups excluding carboxylic acids is 1. The van der Waals surface area contributed by atoms with Crippen molar-refractivity contribution in [1.82, 2.24) is 20.2 Å².